The van der Waals surface area contributed by atoms with E-state index in [-0.39, 0.29) is 10.6 Å². The van der Waals surface area contributed by atoms with Crippen LogP contribution in [0.15, 0.2) is 45.1 Å². The molecule has 0 bridgehead atoms. The van der Waals surface area contributed by atoms with Crippen LogP contribution >= 0.6 is 27.3 Å². The van der Waals surface area contributed by atoms with E-state index in [1.807, 2.05) is 0 Å². The highest BCUT2D eigenvalue weighted by atomic mass is 79.9. The van der Waals surface area contributed by atoms with Crippen LogP contribution in [0.2, 0.25) is 0 Å². The van der Waals surface area contributed by atoms with E-state index in [0.29, 0.717) is 0 Å². The van der Waals surface area contributed by atoms with Crippen molar-refractivity contribution in [1.82, 2.24) is 0 Å². The van der Waals surface area contributed by atoms with Gasteiger partial charge >= 0.3 is 0 Å². The van der Waals surface area contributed by atoms with E-state index in [1.165, 1.54) is 23.5 Å². The first kappa shape index (κ1) is 12.7. The van der Waals surface area contributed by atoms with Crippen LogP contribution in [0, 0.1) is 5.82 Å². The second-order valence-corrected chi connectivity index (χ2v) is 7.96. The minimum Gasteiger partial charge on any atom is -0.223 e. The summed E-state index contributed by atoms with van der Waals surface area (Å²) in [4.78, 5) is 0.893. The Hall–Kier alpha value is -0.720. The van der Waals surface area contributed by atoms with Crippen molar-refractivity contribution in [2.24, 2.45) is 0 Å². The van der Waals surface area contributed by atoms with E-state index >= 15 is 0 Å². The van der Waals surface area contributed by atoms with Crippen LogP contribution in [0.3, 0.4) is 0 Å². The van der Waals surface area contributed by atoms with Gasteiger partial charge in [-0.15, -0.1) is 11.3 Å². The van der Waals surface area contributed by atoms with E-state index in [0.717, 1.165) is 20.8 Å². The molecule has 0 spiro atoms. The van der Waals surface area contributed by atoms with Crippen LogP contribution in [0.5, 0.6) is 0 Å². The molecule has 0 aliphatic rings. The molecule has 0 saturated carbocycles. The van der Waals surface area contributed by atoms with E-state index in [4.69, 9.17) is 0 Å². The smallest absolute Gasteiger partial charge is 0.183 e. The first-order chi connectivity index (χ1) is 7.97. The van der Waals surface area contributed by atoms with Crippen LogP contribution in [0.25, 0.3) is 0 Å². The molecule has 17 heavy (non-hydrogen) atoms. The maximum Gasteiger partial charge on any atom is 0.183 e. The average Bonchev–Trinajstić information content (AvgIpc) is 2.63. The number of hydrogen-bond acceptors (Lipinski definition) is 3. The van der Waals surface area contributed by atoms with Crippen molar-refractivity contribution < 1.29 is 12.8 Å². The summed E-state index contributed by atoms with van der Waals surface area (Å²) in [7, 11) is -3.39. The first-order valence-electron chi connectivity index (χ1n) is 4.70. The number of rotatable bonds is 3. The molecule has 0 saturated heterocycles. The van der Waals surface area contributed by atoms with E-state index in [1.54, 1.807) is 12.1 Å². The van der Waals surface area contributed by atoms with Crippen molar-refractivity contribution in [3.05, 3.63) is 50.9 Å². The van der Waals surface area contributed by atoms with Crippen molar-refractivity contribution >= 4 is 37.1 Å². The molecule has 2 aromatic rings. The zero-order chi connectivity index (χ0) is 12.5. The van der Waals surface area contributed by atoms with Crippen molar-refractivity contribution in [2.45, 2.75) is 10.6 Å². The minimum absolute atomic E-state index is 0.0606. The highest BCUT2D eigenvalue weighted by molar-refractivity contribution is 9.11. The Bertz CT molecular complexity index is 617. The summed E-state index contributed by atoms with van der Waals surface area (Å²) < 4.78 is 37.6. The molecular formula is C11H8BrFO2S2. The molecule has 1 aromatic heterocycles. The molecule has 6 heteroatoms. The lowest BCUT2D eigenvalue weighted by atomic mass is 10.4. The Morgan fingerprint density at radius 2 is 1.76 bits per heavy atom. The Kier molecular flexibility index (Phi) is 3.65. The summed E-state index contributed by atoms with van der Waals surface area (Å²) in [6.45, 7) is 0. The normalized spacial score (nSPS) is 11.6. The summed E-state index contributed by atoms with van der Waals surface area (Å²) in [5, 5.41) is 0. The molecule has 0 aliphatic heterocycles. The number of benzene rings is 1. The highest BCUT2D eigenvalue weighted by Crippen LogP contribution is 2.26. The second-order valence-electron chi connectivity index (χ2n) is 3.42. The lowest BCUT2D eigenvalue weighted by Gasteiger charge is -2.02. The van der Waals surface area contributed by atoms with Crippen LogP contribution in [-0.4, -0.2) is 8.42 Å². The quantitative estimate of drug-likeness (QED) is 0.803. The van der Waals surface area contributed by atoms with Gasteiger partial charge in [-0.2, -0.15) is 0 Å². The summed E-state index contributed by atoms with van der Waals surface area (Å²) >= 11 is 4.66. The van der Waals surface area contributed by atoms with Crippen LogP contribution < -0.4 is 0 Å². The largest absolute Gasteiger partial charge is 0.223 e. The predicted molar refractivity (Wildman–Crippen MR) is 69.3 cm³/mol. The van der Waals surface area contributed by atoms with Gasteiger partial charge in [-0.1, -0.05) is 0 Å². The highest BCUT2D eigenvalue weighted by Gasteiger charge is 2.16. The fourth-order valence-electron chi connectivity index (χ4n) is 1.34. The number of hydrogen-bond donors (Lipinski definition) is 0. The number of thiophene rings is 1. The van der Waals surface area contributed by atoms with E-state index in [9.17, 15) is 12.8 Å². The number of sulfone groups is 1. The van der Waals surface area contributed by atoms with Gasteiger partial charge in [0.25, 0.3) is 0 Å². The monoisotopic (exact) mass is 334 g/mol. The topological polar surface area (TPSA) is 34.1 Å². The first-order valence-corrected chi connectivity index (χ1v) is 7.96. The predicted octanol–water partition coefficient (Wildman–Crippen LogP) is 3.62. The van der Waals surface area contributed by atoms with Gasteiger partial charge in [-0.25, -0.2) is 12.8 Å². The molecule has 1 aromatic carbocycles. The number of halogens is 2. The molecule has 90 valence electrons. The van der Waals surface area contributed by atoms with Crippen LogP contribution in [-0.2, 0) is 15.6 Å². The summed E-state index contributed by atoms with van der Waals surface area (Å²) in [5.41, 5.74) is 0. The third-order valence-corrected chi connectivity index (χ3v) is 5.62. The molecule has 1 heterocycles. The summed E-state index contributed by atoms with van der Waals surface area (Å²) in [6, 6.07) is 8.44. The fraction of sp³-hybridized carbons (Fsp3) is 0.0909. The SMILES string of the molecule is O=S(=O)(Cc1ccc(Br)s1)c1ccc(F)cc1. The molecule has 2 nitrogen and oxygen atoms in total. The average molecular weight is 335 g/mol. The molecule has 2 rings (SSSR count). The standard InChI is InChI=1S/C11H8BrFO2S2/c12-11-6-3-9(16-11)7-17(14,15)10-4-1-8(13)2-5-10/h1-6H,7H2. The summed E-state index contributed by atoms with van der Waals surface area (Å²) in [5.74, 6) is -0.502. The Morgan fingerprint density at radius 3 is 2.29 bits per heavy atom. The maximum atomic E-state index is 12.7. The van der Waals surface area contributed by atoms with Gasteiger partial charge in [0.2, 0.25) is 0 Å². The molecule has 0 N–H and O–H groups in total. The van der Waals surface area contributed by atoms with Gasteiger partial charge in [-0.3, -0.25) is 0 Å². The van der Waals surface area contributed by atoms with Gasteiger partial charge in [-0.05, 0) is 52.3 Å². The van der Waals surface area contributed by atoms with Crippen molar-refractivity contribution in [2.75, 3.05) is 0 Å². The minimum atomic E-state index is -3.39. The molecule has 0 aliphatic carbocycles. The van der Waals surface area contributed by atoms with Gasteiger partial charge in [0.05, 0.1) is 14.4 Å². The van der Waals surface area contributed by atoms with Gasteiger partial charge in [0.1, 0.15) is 5.82 Å². The Morgan fingerprint density at radius 1 is 1.12 bits per heavy atom. The van der Waals surface area contributed by atoms with Gasteiger partial charge in [0, 0.05) is 4.88 Å². The molecule has 0 radical (unpaired) electrons. The van der Waals surface area contributed by atoms with Crippen LogP contribution in [0.4, 0.5) is 4.39 Å². The van der Waals surface area contributed by atoms with Crippen molar-refractivity contribution in [3.63, 3.8) is 0 Å². The third kappa shape index (κ3) is 3.14. The van der Waals surface area contributed by atoms with Crippen LogP contribution in [0.1, 0.15) is 4.88 Å². The zero-order valence-electron chi connectivity index (χ0n) is 8.56. The van der Waals surface area contributed by atoms with Crippen molar-refractivity contribution in [3.8, 4) is 0 Å². The molecular weight excluding hydrogens is 327 g/mol. The lowest BCUT2D eigenvalue weighted by Crippen LogP contribution is -2.03. The molecule has 0 unspecified atom stereocenters. The second kappa shape index (κ2) is 4.88. The molecule has 0 amide bonds. The summed E-state index contributed by atoms with van der Waals surface area (Å²) in [6.07, 6.45) is 0. The Balaban J connectivity index is 2.28. The zero-order valence-corrected chi connectivity index (χ0v) is 11.8. The fourth-order valence-corrected chi connectivity index (χ4v) is 4.51. The van der Waals surface area contributed by atoms with E-state index in [2.05, 4.69) is 15.9 Å². The third-order valence-electron chi connectivity index (χ3n) is 2.13. The Labute approximate surface area is 111 Å². The van der Waals surface area contributed by atoms with Gasteiger partial charge in [0.15, 0.2) is 9.84 Å². The lowest BCUT2D eigenvalue weighted by molar-refractivity contribution is 0.594. The maximum absolute atomic E-state index is 12.7. The van der Waals surface area contributed by atoms with Gasteiger partial charge < -0.3 is 0 Å². The molecule has 0 fully saturated rings. The van der Waals surface area contributed by atoms with E-state index < -0.39 is 15.7 Å². The van der Waals surface area contributed by atoms with Crippen molar-refractivity contribution in [1.29, 1.82) is 0 Å². The molecule has 0 atom stereocenters.